The molecule has 8 N–H and O–H groups in total. The number of ketones is 1. The van der Waals surface area contributed by atoms with Crippen LogP contribution in [0.25, 0.3) is 0 Å². The van der Waals surface area contributed by atoms with Crippen molar-refractivity contribution >= 4 is 65.1 Å². The lowest BCUT2D eigenvalue weighted by atomic mass is 10.1. The number of carbonyl (C=O) groups is 9. The van der Waals surface area contributed by atoms with Crippen LogP contribution < -0.4 is 21.3 Å². The summed E-state index contributed by atoms with van der Waals surface area (Å²) in [6.07, 6.45) is 5.32. The van der Waals surface area contributed by atoms with Gasteiger partial charge in [0.1, 0.15) is 12.6 Å². The molecule has 1 aliphatic heterocycles. The molecular formula is C46H71N11O13S. The largest absolute Gasteiger partial charge is 0.480 e. The van der Waals surface area contributed by atoms with Gasteiger partial charge in [-0.25, -0.2) is 9.48 Å². The van der Waals surface area contributed by atoms with E-state index in [1.807, 2.05) is 11.2 Å². The van der Waals surface area contributed by atoms with Crippen LogP contribution in [0.15, 0.2) is 30.5 Å². The number of thioether (sulfide) groups is 1. The normalized spacial score (nSPS) is 15.4. The van der Waals surface area contributed by atoms with Gasteiger partial charge in [0.2, 0.25) is 17.7 Å². The Morgan fingerprint density at radius 3 is 1.72 bits per heavy atom. The van der Waals surface area contributed by atoms with Gasteiger partial charge in [0.15, 0.2) is 5.78 Å². The molecule has 4 amide bonds. The number of aryl methyl sites for hydroxylation is 1. The van der Waals surface area contributed by atoms with Crippen molar-refractivity contribution in [3.05, 3.63) is 47.3 Å². The maximum atomic E-state index is 13.3. The molecule has 1 aromatic heterocycles. The van der Waals surface area contributed by atoms with Crippen LogP contribution in [0.4, 0.5) is 0 Å². The lowest BCUT2D eigenvalue weighted by molar-refractivity contribution is -0.142. The Bertz CT molecular complexity index is 2040. The Labute approximate surface area is 417 Å². The topological polar surface area (TPSA) is 326 Å². The Kier molecular flexibility index (Phi) is 26.8. The number of Topliss-reactive ketones (excluding diaryl/α,β-unsaturated/α-hetero) is 1. The number of benzene rings is 1. The smallest absolute Gasteiger partial charge is 0.326 e. The van der Waals surface area contributed by atoms with Crippen LogP contribution in [-0.2, 0) is 57.9 Å². The number of amides is 4. The van der Waals surface area contributed by atoms with E-state index in [4.69, 9.17) is 0 Å². The number of nitrogens with zero attached hydrogens (tertiary/aromatic N) is 7. The maximum Gasteiger partial charge on any atom is 0.326 e. The third-order valence-electron chi connectivity index (χ3n) is 11.5. The molecule has 24 nitrogen and oxygen atoms in total. The molecule has 0 spiro atoms. The quantitative estimate of drug-likeness (QED) is 0.0450. The second kappa shape index (κ2) is 32.1. The van der Waals surface area contributed by atoms with Gasteiger partial charge in [-0.15, -0.1) is 5.10 Å². The van der Waals surface area contributed by atoms with Crippen LogP contribution in [0.5, 0.6) is 0 Å². The molecule has 394 valence electrons. The number of hydrogen-bond donors (Lipinski definition) is 8. The third-order valence-corrected chi connectivity index (χ3v) is 12.2. The summed E-state index contributed by atoms with van der Waals surface area (Å²) in [5, 5.41) is 57.3. The first-order chi connectivity index (χ1) is 33.8. The summed E-state index contributed by atoms with van der Waals surface area (Å²) in [7, 11) is 0. The molecule has 2 unspecified atom stereocenters. The summed E-state index contributed by atoms with van der Waals surface area (Å²) in [6.45, 7) is 5.35. The summed E-state index contributed by atoms with van der Waals surface area (Å²) in [6, 6.07) is 4.74. The molecular weight excluding hydrogens is 947 g/mol. The van der Waals surface area contributed by atoms with Gasteiger partial charge in [-0.3, -0.25) is 58.0 Å². The fourth-order valence-corrected chi connectivity index (χ4v) is 7.93. The van der Waals surface area contributed by atoms with Gasteiger partial charge in [-0.05, 0) is 55.4 Å². The first-order valence-corrected chi connectivity index (χ1v) is 25.1. The molecule has 1 saturated heterocycles. The van der Waals surface area contributed by atoms with Crippen molar-refractivity contribution in [2.24, 2.45) is 5.92 Å². The highest BCUT2D eigenvalue weighted by Crippen LogP contribution is 2.11. The van der Waals surface area contributed by atoms with Gasteiger partial charge < -0.3 is 41.7 Å². The van der Waals surface area contributed by atoms with Crippen molar-refractivity contribution in [2.75, 3.05) is 97.1 Å². The Hall–Kier alpha value is -6.02. The van der Waals surface area contributed by atoms with Crippen LogP contribution in [0, 0.1) is 5.92 Å². The second-order valence-corrected chi connectivity index (χ2v) is 18.7. The van der Waals surface area contributed by atoms with Gasteiger partial charge in [0.25, 0.3) is 5.91 Å². The highest BCUT2D eigenvalue weighted by molar-refractivity contribution is 7.98. The van der Waals surface area contributed by atoms with Crippen LogP contribution >= 0.6 is 11.8 Å². The minimum Gasteiger partial charge on any atom is -0.480 e. The Balaban J connectivity index is 1.47. The zero-order chi connectivity index (χ0) is 52.3. The van der Waals surface area contributed by atoms with E-state index in [1.54, 1.807) is 59.0 Å². The molecule has 0 aliphatic carbocycles. The fraction of sp³-hybridized carbons (Fsp3) is 0.630. The molecule has 71 heavy (non-hydrogen) atoms. The summed E-state index contributed by atoms with van der Waals surface area (Å²) >= 11 is 1.53. The van der Waals surface area contributed by atoms with E-state index in [0.29, 0.717) is 54.8 Å². The van der Waals surface area contributed by atoms with Crippen molar-refractivity contribution in [1.29, 1.82) is 0 Å². The van der Waals surface area contributed by atoms with Crippen molar-refractivity contribution < 1.29 is 63.6 Å². The van der Waals surface area contributed by atoms with E-state index in [-0.39, 0.29) is 134 Å². The number of aliphatic carboxylic acids is 4. The third kappa shape index (κ3) is 25.1. The monoisotopic (exact) mass is 1020 g/mol. The van der Waals surface area contributed by atoms with E-state index < -0.39 is 47.8 Å². The summed E-state index contributed by atoms with van der Waals surface area (Å²) < 4.78 is 1.45. The lowest BCUT2D eigenvalue weighted by Crippen LogP contribution is -2.49. The molecule has 0 radical (unpaired) electrons. The summed E-state index contributed by atoms with van der Waals surface area (Å²) in [5.41, 5.74) is 1.57. The second-order valence-electron chi connectivity index (χ2n) is 17.7. The number of carbonyl (C=O) groups excluding carboxylic acids is 5. The first kappa shape index (κ1) is 59.3. The molecule has 0 bridgehead atoms. The first-order valence-electron chi connectivity index (χ1n) is 23.7. The average molecular weight is 1020 g/mol. The van der Waals surface area contributed by atoms with Gasteiger partial charge in [0, 0.05) is 108 Å². The van der Waals surface area contributed by atoms with Crippen LogP contribution in [0.2, 0.25) is 0 Å². The van der Waals surface area contributed by atoms with Crippen molar-refractivity contribution in [2.45, 2.75) is 84.0 Å². The van der Waals surface area contributed by atoms with E-state index >= 15 is 0 Å². The van der Waals surface area contributed by atoms with E-state index in [9.17, 15) is 63.6 Å². The van der Waals surface area contributed by atoms with Crippen LogP contribution in [0.3, 0.4) is 0 Å². The average Bonchev–Trinajstić information content (AvgIpc) is 3.76. The predicted molar refractivity (Wildman–Crippen MR) is 260 cm³/mol. The molecule has 1 fully saturated rings. The zero-order valence-electron chi connectivity index (χ0n) is 40.9. The van der Waals surface area contributed by atoms with Crippen molar-refractivity contribution in [1.82, 2.24) is 55.9 Å². The standard InChI is InChI=1S/C46H71N11O13S/c1-32(2)38(58)27-57-26-36(51-52-57)11-12-39(59)47-14-5-4-6-37(46(69)70)50-40(60)24-35(13-23-71-3)49-45(68)34-9-7-33(8-10-34)25-48-41(61)28-53-15-17-54(29-42(62)63)19-21-56(31-44(66)67)22-20-55(18-16-53)30-43(64)65/h7-10,26,32,35,37H,4-6,11-25,27-31H2,1-3H3,(H,47,59)(H,48,61)(H,49,68)(H,50,60)(H,62,63)(H,64,65)(H,66,67)(H,69,70). The highest BCUT2D eigenvalue weighted by Gasteiger charge is 2.25. The number of aromatic nitrogens is 3. The van der Waals surface area contributed by atoms with Gasteiger partial charge >= 0.3 is 23.9 Å². The van der Waals surface area contributed by atoms with Gasteiger partial charge in [-0.1, -0.05) is 31.2 Å². The van der Waals surface area contributed by atoms with E-state index in [1.165, 1.54) is 16.4 Å². The highest BCUT2D eigenvalue weighted by atomic mass is 32.2. The molecule has 2 atom stereocenters. The lowest BCUT2D eigenvalue weighted by Gasteiger charge is -2.32. The molecule has 2 aromatic rings. The Morgan fingerprint density at radius 1 is 0.662 bits per heavy atom. The number of carboxylic acids is 4. The molecule has 25 heteroatoms. The van der Waals surface area contributed by atoms with E-state index in [0.717, 1.165) is 0 Å². The number of hydrogen-bond acceptors (Lipinski definition) is 16. The van der Waals surface area contributed by atoms with Crippen LogP contribution in [0.1, 0.15) is 74.0 Å². The predicted octanol–water partition coefficient (Wildman–Crippen LogP) is -0.675. The minimum atomic E-state index is -1.21. The number of nitrogens with one attached hydrogen (secondary N) is 4. The SMILES string of the molecule is CSCCC(CC(=O)NC(CCCCNC(=O)CCc1cn(CC(=O)C(C)C)nn1)C(=O)O)NC(=O)c1ccc(CNC(=O)CN2CCN(CC(=O)O)CCN(CC(=O)O)CCN(CC(=O)O)CC2)cc1. The number of carboxylic acid groups (broad SMARTS) is 4. The van der Waals surface area contributed by atoms with Gasteiger partial charge in [-0.2, -0.15) is 11.8 Å². The Morgan fingerprint density at radius 2 is 1.21 bits per heavy atom. The molecule has 1 aliphatic rings. The van der Waals surface area contributed by atoms with Crippen molar-refractivity contribution in [3.63, 3.8) is 0 Å². The number of unbranched alkanes of at least 4 members (excludes halogenated alkanes) is 1. The fourth-order valence-electron chi connectivity index (χ4n) is 7.41. The summed E-state index contributed by atoms with van der Waals surface area (Å²) in [5.74, 6) is -5.38. The molecule has 0 saturated carbocycles. The van der Waals surface area contributed by atoms with Crippen LogP contribution in [-0.4, -0.2) is 217 Å². The molecule has 1 aromatic carbocycles. The molecule has 3 rings (SSSR count). The van der Waals surface area contributed by atoms with Crippen molar-refractivity contribution in [3.8, 4) is 0 Å². The summed E-state index contributed by atoms with van der Waals surface area (Å²) in [4.78, 5) is 118. The minimum absolute atomic E-state index is 0.0234. The van der Waals surface area contributed by atoms with Gasteiger partial charge in [0.05, 0.1) is 31.9 Å². The maximum absolute atomic E-state index is 13.3. The number of rotatable bonds is 30. The molecule has 2 heterocycles. The zero-order valence-corrected chi connectivity index (χ0v) is 41.7. The van der Waals surface area contributed by atoms with E-state index in [2.05, 4.69) is 31.6 Å².